The summed E-state index contributed by atoms with van der Waals surface area (Å²) in [6, 6.07) is 6.46. The second-order valence-corrected chi connectivity index (χ2v) is 4.12. The number of carboxylic acid groups (broad SMARTS) is 1. The van der Waals surface area contributed by atoms with Crippen LogP contribution in [0.5, 0.6) is 0 Å². The standard InChI is InChI=1S/C12H11FN2O2/c13-11-8(4-14)2-1-3-9(11)5-15-6-10(7-15)12(16)17/h1-3,10H,5-7H2,(H,16,17). The van der Waals surface area contributed by atoms with E-state index < -0.39 is 11.8 Å². The fourth-order valence-corrected chi connectivity index (χ4v) is 1.88. The Bertz CT molecular complexity index is 490. The van der Waals surface area contributed by atoms with Gasteiger partial charge in [-0.15, -0.1) is 0 Å². The predicted molar refractivity (Wildman–Crippen MR) is 57.5 cm³/mol. The number of rotatable bonds is 3. The monoisotopic (exact) mass is 234 g/mol. The van der Waals surface area contributed by atoms with Crippen LogP contribution < -0.4 is 0 Å². The van der Waals surface area contributed by atoms with Gasteiger partial charge in [0.25, 0.3) is 0 Å². The van der Waals surface area contributed by atoms with Crippen molar-refractivity contribution in [2.45, 2.75) is 6.54 Å². The minimum atomic E-state index is -0.813. The Morgan fingerprint density at radius 3 is 2.88 bits per heavy atom. The van der Waals surface area contributed by atoms with Gasteiger partial charge in [-0.25, -0.2) is 4.39 Å². The number of carboxylic acids is 1. The third-order valence-electron chi connectivity index (χ3n) is 2.90. The molecule has 1 fully saturated rings. The molecular formula is C12H11FN2O2. The molecule has 1 saturated heterocycles. The maximum atomic E-state index is 13.7. The third-order valence-corrected chi connectivity index (χ3v) is 2.90. The van der Waals surface area contributed by atoms with Crippen molar-refractivity contribution in [3.05, 3.63) is 35.1 Å². The number of hydrogen-bond donors (Lipinski definition) is 1. The number of hydrogen-bond acceptors (Lipinski definition) is 3. The molecule has 0 bridgehead atoms. The van der Waals surface area contributed by atoms with E-state index in [2.05, 4.69) is 0 Å². The Hall–Kier alpha value is -1.93. The summed E-state index contributed by atoms with van der Waals surface area (Å²) in [4.78, 5) is 12.4. The van der Waals surface area contributed by atoms with Gasteiger partial charge in [0.2, 0.25) is 0 Å². The largest absolute Gasteiger partial charge is 0.481 e. The van der Waals surface area contributed by atoms with Gasteiger partial charge >= 0.3 is 5.97 Å². The molecule has 1 heterocycles. The minimum Gasteiger partial charge on any atom is -0.481 e. The highest BCUT2D eigenvalue weighted by molar-refractivity contribution is 5.71. The SMILES string of the molecule is N#Cc1cccc(CN2CC(C(=O)O)C2)c1F. The molecule has 17 heavy (non-hydrogen) atoms. The molecule has 1 aromatic rings. The van der Waals surface area contributed by atoms with Crippen molar-refractivity contribution in [1.29, 1.82) is 5.26 Å². The van der Waals surface area contributed by atoms with Gasteiger partial charge in [0.05, 0.1) is 11.5 Å². The Morgan fingerprint density at radius 2 is 2.29 bits per heavy atom. The Morgan fingerprint density at radius 1 is 1.59 bits per heavy atom. The van der Waals surface area contributed by atoms with Gasteiger partial charge in [-0.1, -0.05) is 12.1 Å². The van der Waals surface area contributed by atoms with Crippen LogP contribution in [0.15, 0.2) is 18.2 Å². The van der Waals surface area contributed by atoms with Crippen molar-refractivity contribution in [2.24, 2.45) is 5.92 Å². The summed E-state index contributed by atoms with van der Waals surface area (Å²) >= 11 is 0. The topological polar surface area (TPSA) is 64.3 Å². The van der Waals surface area contributed by atoms with Crippen LogP contribution in [-0.2, 0) is 11.3 Å². The number of carbonyl (C=O) groups is 1. The van der Waals surface area contributed by atoms with Crippen LogP contribution in [0, 0.1) is 23.1 Å². The van der Waals surface area contributed by atoms with E-state index in [-0.39, 0.29) is 11.5 Å². The van der Waals surface area contributed by atoms with E-state index in [0.29, 0.717) is 25.2 Å². The first-order valence-corrected chi connectivity index (χ1v) is 5.24. The van der Waals surface area contributed by atoms with Crippen molar-refractivity contribution in [1.82, 2.24) is 4.90 Å². The van der Waals surface area contributed by atoms with E-state index in [1.807, 2.05) is 4.90 Å². The van der Waals surface area contributed by atoms with Crippen LogP contribution in [0.25, 0.3) is 0 Å². The van der Waals surface area contributed by atoms with Crippen LogP contribution in [0.4, 0.5) is 4.39 Å². The summed E-state index contributed by atoms with van der Waals surface area (Å²) in [7, 11) is 0. The summed E-state index contributed by atoms with van der Waals surface area (Å²) in [6.45, 7) is 1.22. The zero-order chi connectivity index (χ0) is 12.4. The van der Waals surface area contributed by atoms with Crippen molar-refractivity contribution in [2.75, 3.05) is 13.1 Å². The molecule has 0 atom stereocenters. The fraction of sp³-hybridized carbons (Fsp3) is 0.333. The summed E-state index contributed by atoms with van der Waals surface area (Å²) in [5.41, 5.74) is 0.464. The lowest BCUT2D eigenvalue weighted by Gasteiger charge is -2.36. The quantitative estimate of drug-likeness (QED) is 0.853. The highest BCUT2D eigenvalue weighted by Crippen LogP contribution is 2.21. The maximum Gasteiger partial charge on any atom is 0.309 e. The van der Waals surface area contributed by atoms with Gasteiger partial charge in [0.1, 0.15) is 11.9 Å². The number of nitriles is 1. The molecular weight excluding hydrogens is 223 g/mol. The van der Waals surface area contributed by atoms with E-state index in [0.717, 1.165) is 0 Å². The number of halogens is 1. The van der Waals surface area contributed by atoms with Crippen molar-refractivity contribution >= 4 is 5.97 Å². The number of benzene rings is 1. The molecule has 0 radical (unpaired) electrons. The Kier molecular flexibility index (Phi) is 3.07. The smallest absolute Gasteiger partial charge is 0.309 e. The van der Waals surface area contributed by atoms with Gasteiger partial charge < -0.3 is 5.11 Å². The lowest BCUT2D eigenvalue weighted by Crippen LogP contribution is -2.49. The van der Waals surface area contributed by atoms with E-state index in [4.69, 9.17) is 10.4 Å². The maximum absolute atomic E-state index is 13.7. The molecule has 1 aliphatic rings. The van der Waals surface area contributed by atoms with Crippen LogP contribution in [0.2, 0.25) is 0 Å². The van der Waals surface area contributed by atoms with Crippen LogP contribution in [-0.4, -0.2) is 29.1 Å². The summed E-state index contributed by atoms with van der Waals surface area (Å²) < 4.78 is 13.7. The average Bonchev–Trinajstić information content (AvgIpc) is 2.24. The molecule has 0 unspecified atom stereocenters. The van der Waals surface area contributed by atoms with Crippen molar-refractivity contribution in [3.8, 4) is 6.07 Å². The van der Waals surface area contributed by atoms with E-state index in [9.17, 15) is 9.18 Å². The molecule has 88 valence electrons. The Labute approximate surface area is 97.9 Å². The molecule has 1 aromatic carbocycles. The van der Waals surface area contributed by atoms with Crippen molar-refractivity contribution < 1.29 is 14.3 Å². The summed E-state index contributed by atoms with van der Waals surface area (Å²) in [5.74, 6) is -1.67. The minimum absolute atomic E-state index is 0.0257. The number of nitrogens with zero attached hydrogens (tertiary/aromatic N) is 2. The first-order valence-electron chi connectivity index (χ1n) is 5.24. The first kappa shape index (κ1) is 11.6. The molecule has 0 amide bonds. The molecule has 1 aliphatic heterocycles. The van der Waals surface area contributed by atoms with Gasteiger partial charge in [0.15, 0.2) is 0 Å². The molecule has 4 nitrogen and oxygen atoms in total. The molecule has 1 N–H and O–H groups in total. The highest BCUT2D eigenvalue weighted by Gasteiger charge is 2.32. The zero-order valence-corrected chi connectivity index (χ0v) is 9.06. The van der Waals surface area contributed by atoms with E-state index in [1.165, 1.54) is 6.07 Å². The van der Waals surface area contributed by atoms with E-state index in [1.54, 1.807) is 18.2 Å². The normalized spacial score (nSPS) is 16.2. The summed E-state index contributed by atoms with van der Waals surface area (Å²) in [6.07, 6.45) is 0. The van der Waals surface area contributed by atoms with Gasteiger partial charge in [-0.3, -0.25) is 9.69 Å². The van der Waals surface area contributed by atoms with Gasteiger partial charge in [-0.2, -0.15) is 5.26 Å². The molecule has 0 spiro atoms. The Balaban J connectivity index is 2.02. The second-order valence-electron chi connectivity index (χ2n) is 4.12. The van der Waals surface area contributed by atoms with Crippen molar-refractivity contribution in [3.63, 3.8) is 0 Å². The van der Waals surface area contributed by atoms with Crippen LogP contribution in [0.3, 0.4) is 0 Å². The van der Waals surface area contributed by atoms with Gasteiger partial charge in [0, 0.05) is 25.2 Å². The highest BCUT2D eigenvalue weighted by atomic mass is 19.1. The molecule has 0 aromatic heterocycles. The third kappa shape index (κ3) is 2.27. The summed E-state index contributed by atoms with van der Waals surface area (Å²) in [5, 5.41) is 17.4. The zero-order valence-electron chi connectivity index (χ0n) is 9.06. The van der Waals surface area contributed by atoms with Gasteiger partial charge in [-0.05, 0) is 6.07 Å². The number of aliphatic carboxylic acids is 1. The average molecular weight is 234 g/mol. The second kappa shape index (κ2) is 4.52. The van der Waals surface area contributed by atoms with Crippen LogP contribution >= 0.6 is 0 Å². The molecule has 0 aliphatic carbocycles. The van der Waals surface area contributed by atoms with Crippen LogP contribution in [0.1, 0.15) is 11.1 Å². The lowest BCUT2D eigenvalue weighted by molar-refractivity contribution is -0.147. The lowest BCUT2D eigenvalue weighted by atomic mass is 9.99. The van der Waals surface area contributed by atoms with E-state index >= 15 is 0 Å². The number of likely N-dealkylation sites (tertiary alicyclic amines) is 1. The molecule has 2 rings (SSSR count). The first-order chi connectivity index (χ1) is 8.11. The molecule has 0 saturated carbocycles. The molecule has 5 heteroatoms. The predicted octanol–water partition coefficient (Wildman–Crippen LogP) is 1.21. The fourth-order valence-electron chi connectivity index (χ4n) is 1.88.